The van der Waals surface area contributed by atoms with Crippen molar-refractivity contribution in [3.05, 3.63) is 75.6 Å². The van der Waals surface area contributed by atoms with Crippen LogP contribution in [-0.4, -0.2) is 26.4 Å². The molecule has 0 spiro atoms. The van der Waals surface area contributed by atoms with E-state index in [0.29, 0.717) is 42.5 Å². The number of pyridine rings is 2. The molecule has 1 saturated carbocycles. The monoisotopic (exact) mass is 405 g/mol. The topological polar surface area (TPSA) is 81.9 Å². The maximum Gasteiger partial charge on any atom is 0.290 e. The number of nitrogens with one attached hydrogen (secondary N) is 1. The van der Waals surface area contributed by atoms with Gasteiger partial charge in [0, 0.05) is 54.8 Å². The number of aromatic nitrogens is 4. The minimum atomic E-state index is -0.189. The Hall–Kier alpha value is -3.22. The molecule has 3 aromatic heterocycles. The van der Waals surface area contributed by atoms with E-state index < -0.39 is 0 Å². The molecule has 1 aliphatic carbocycles. The average Bonchev–Trinajstić information content (AvgIpc) is 3.38. The molecule has 0 bridgehead atoms. The van der Waals surface area contributed by atoms with Gasteiger partial charge in [-0.25, -0.2) is 4.68 Å². The van der Waals surface area contributed by atoms with Gasteiger partial charge in [0.1, 0.15) is 5.69 Å². The van der Waals surface area contributed by atoms with Crippen molar-refractivity contribution in [1.82, 2.24) is 19.7 Å². The van der Waals surface area contributed by atoms with Crippen LogP contribution >= 0.6 is 0 Å². The van der Waals surface area contributed by atoms with Crippen LogP contribution in [0.3, 0.4) is 0 Å². The number of nitrogens with zero attached hydrogens (tertiary/aromatic N) is 4. The summed E-state index contributed by atoms with van der Waals surface area (Å²) in [5.74, 6) is 1.77. The van der Waals surface area contributed by atoms with Crippen molar-refractivity contribution in [3.8, 4) is 5.88 Å². The molecule has 3 atom stereocenters. The summed E-state index contributed by atoms with van der Waals surface area (Å²) in [7, 11) is 1.63. The summed E-state index contributed by atoms with van der Waals surface area (Å²) in [6.45, 7) is 7.21. The highest BCUT2D eigenvalue weighted by molar-refractivity contribution is 5.44. The summed E-state index contributed by atoms with van der Waals surface area (Å²) in [5.41, 5.74) is 4.36. The van der Waals surface area contributed by atoms with Crippen LogP contribution in [0.5, 0.6) is 5.88 Å². The van der Waals surface area contributed by atoms with Crippen molar-refractivity contribution in [1.29, 1.82) is 0 Å². The van der Waals surface area contributed by atoms with E-state index in [9.17, 15) is 4.79 Å². The Labute approximate surface area is 176 Å². The highest BCUT2D eigenvalue weighted by atomic mass is 16.5. The van der Waals surface area contributed by atoms with Crippen LogP contribution < -0.4 is 15.6 Å². The molecular formula is C23H27N5O2. The maximum atomic E-state index is 12.5. The van der Waals surface area contributed by atoms with Crippen LogP contribution in [0, 0.1) is 25.7 Å². The number of aryl methyl sites for hydroxylation is 3. The first kappa shape index (κ1) is 20.1. The second kappa shape index (κ2) is 8.26. The number of hydrogen-bond donors (Lipinski definition) is 1. The van der Waals surface area contributed by atoms with Crippen molar-refractivity contribution in [2.75, 3.05) is 11.9 Å². The number of anilines is 1. The second-order valence-corrected chi connectivity index (χ2v) is 7.99. The largest absolute Gasteiger partial charge is 0.476 e. The lowest BCUT2D eigenvalue weighted by atomic mass is 10.2. The molecule has 0 amide bonds. The van der Waals surface area contributed by atoms with Gasteiger partial charge in [0.2, 0.25) is 5.88 Å². The SMILES string of the molecule is Cc1ccc(CNc2cc(OCC3C(C)C3c3ccccn3)nn(C)c2=O)c(C)n1. The molecule has 3 aromatic rings. The first-order valence-electron chi connectivity index (χ1n) is 10.2. The fraction of sp³-hybridized carbons (Fsp3) is 0.391. The summed E-state index contributed by atoms with van der Waals surface area (Å²) >= 11 is 0. The van der Waals surface area contributed by atoms with E-state index in [-0.39, 0.29) is 5.56 Å². The van der Waals surface area contributed by atoms with E-state index >= 15 is 0 Å². The van der Waals surface area contributed by atoms with Crippen LogP contribution in [0.15, 0.2) is 47.4 Å². The van der Waals surface area contributed by atoms with E-state index in [1.54, 1.807) is 13.1 Å². The predicted molar refractivity (Wildman–Crippen MR) is 116 cm³/mol. The van der Waals surface area contributed by atoms with Gasteiger partial charge < -0.3 is 10.1 Å². The number of ether oxygens (including phenoxy) is 1. The van der Waals surface area contributed by atoms with Crippen molar-refractivity contribution in [2.24, 2.45) is 18.9 Å². The normalized spacial score (nSPS) is 20.1. The molecule has 1 aliphatic rings. The zero-order valence-corrected chi connectivity index (χ0v) is 17.8. The van der Waals surface area contributed by atoms with Gasteiger partial charge in [0.05, 0.1) is 6.61 Å². The van der Waals surface area contributed by atoms with E-state index in [0.717, 1.165) is 22.6 Å². The number of hydrogen-bond acceptors (Lipinski definition) is 6. The first-order chi connectivity index (χ1) is 14.4. The van der Waals surface area contributed by atoms with Gasteiger partial charge in [0.15, 0.2) is 0 Å². The minimum absolute atomic E-state index is 0.189. The molecule has 7 heteroatoms. The highest BCUT2D eigenvalue weighted by Crippen LogP contribution is 2.52. The van der Waals surface area contributed by atoms with E-state index in [1.165, 1.54) is 4.68 Å². The Kier molecular flexibility index (Phi) is 5.53. The summed E-state index contributed by atoms with van der Waals surface area (Å²) in [6, 6.07) is 11.7. The van der Waals surface area contributed by atoms with Crippen LogP contribution in [0.25, 0.3) is 0 Å². The summed E-state index contributed by atoms with van der Waals surface area (Å²) in [6.07, 6.45) is 1.83. The fourth-order valence-corrected chi connectivity index (χ4v) is 3.92. The molecule has 3 unspecified atom stereocenters. The Balaban J connectivity index is 1.42. The zero-order valence-electron chi connectivity index (χ0n) is 17.8. The Morgan fingerprint density at radius 2 is 2.03 bits per heavy atom. The standard InChI is InChI=1S/C23H27N5O2/c1-14-8-9-17(16(3)26-14)12-25-20-11-21(27-28(4)23(20)29)30-13-18-15(2)22(18)19-7-5-6-10-24-19/h5-11,15,18,22,25H,12-13H2,1-4H3. The summed E-state index contributed by atoms with van der Waals surface area (Å²) < 4.78 is 7.28. The molecule has 7 nitrogen and oxygen atoms in total. The zero-order chi connectivity index (χ0) is 21.3. The lowest BCUT2D eigenvalue weighted by Crippen LogP contribution is -2.24. The Morgan fingerprint density at radius 1 is 1.20 bits per heavy atom. The fourth-order valence-electron chi connectivity index (χ4n) is 3.92. The Morgan fingerprint density at radius 3 is 2.77 bits per heavy atom. The van der Waals surface area contributed by atoms with Gasteiger partial charge in [-0.3, -0.25) is 14.8 Å². The molecule has 156 valence electrons. The van der Waals surface area contributed by atoms with Crippen molar-refractivity contribution in [2.45, 2.75) is 33.2 Å². The highest BCUT2D eigenvalue weighted by Gasteiger charge is 2.48. The molecule has 0 aromatic carbocycles. The summed E-state index contributed by atoms with van der Waals surface area (Å²) in [5, 5.41) is 7.47. The third kappa shape index (κ3) is 4.20. The molecule has 0 radical (unpaired) electrons. The average molecular weight is 406 g/mol. The molecule has 0 aliphatic heterocycles. The molecular weight excluding hydrogens is 378 g/mol. The second-order valence-electron chi connectivity index (χ2n) is 7.99. The van der Waals surface area contributed by atoms with Gasteiger partial charge in [-0.2, -0.15) is 0 Å². The van der Waals surface area contributed by atoms with Gasteiger partial charge in [-0.05, 0) is 43.5 Å². The van der Waals surface area contributed by atoms with Gasteiger partial charge in [-0.15, -0.1) is 5.10 Å². The van der Waals surface area contributed by atoms with Crippen LogP contribution in [0.4, 0.5) is 5.69 Å². The van der Waals surface area contributed by atoms with E-state index in [4.69, 9.17) is 4.74 Å². The van der Waals surface area contributed by atoms with Gasteiger partial charge in [-0.1, -0.05) is 19.1 Å². The van der Waals surface area contributed by atoms with Crippen LogP contribution in [0.2, 0.25) is 0 Å². The smallest absolute Gasteiger partial charge is 0.290 e. The van der Waals surface area contributed by atoms with E-state index in [2.05, 4.69) is 33.4 Å². The third-order valence-corrected chi connectivity index (χ3v) is 5.86. The maximum absolute atomic E-state index is 12.5. The minimum Gasteiger partial charge on any atom is -0.476 e. The molecule has 4 rings (SSSR count). The van der Waals surface area contributed by atoms with Gasteiger partial charge in [0.25, 0.3) is 5.56 Å². The lowest BCUT2D eigenvalue weighted by Gasteiger charge is -2.12. The Bertz CT molecular complexity index is 1100. The van der Waals surface area contributed by atoms with Crippen LogP contribution in [0.1, 0.15) is 35.5 Å². The van der Waals surface area contributed by atoms with Crippen molar-refractivity contribution >= 4 is 5.69 Å². The van der Waals surface area contributed by atoms with Crippen molar-refractivity contribution in [3.63, 3.8) is 0 Å². The lowest BCUT2D eigenvalue weighted by molar-refractivity contribution is 0.273. The molecule has 0 saturated heterocycles. The summed E-state index contributed by atoms with van der Waals surface area (Å²) in [4.78, 5) is 21.4. The molecule has 1 N–H and O–H groups in total. The number of rotatable bonds is 7. The molecule has 1 fully saturated rings. The predicted octanol–water partition coefficient (Wildman–Crippen LogP) is 3.23. The first-order valence-corrected chi connectivity index (χ1v) is 10.2. The van der Waals surface area contributed by atoms with Gasteiger partial charge >= 0.3 is 0 Å². The quantitative estimate of drug-likeness (QED) is 0.650. The van der Waals surface area contributed by atoms with Crippen molar-refractivity contribution < 1.29 is 4.74 Å². The van der Waals surface area contributed by atoms with E-state index in [1.807, 2.05) is 44.3 Å². The molecule has 30 heavy (non-hydrogen) atoms. The van der Waals surface area contributed by atoms with Crippen LogP contribution in [-0.2, 0) is 13.6 Å². The molecule has 3 heterocycles. The third-order valence-electron chi connectivity index (χ3n) is 5.86.